The van der Waals surface area contributed by atoms with Crippen molar-refractivity contribution in [3.8, 4) is 146 Å². The number of aromatic nitrogens is 13. The van der Waals surface area contributed by atoms with Crippen LogP contribution >= 0.6 is 0 Å². The summed E-state index contributed by atoms with van der Waals surface area (Å²) in [5.41, 5.74) is 31.4. The quantitative estimate of drug-likeness (QED) is 0.111. The zero-order valence-electron chi connectivity index (χ0n) is 74.7. The molecular weight excluding hydrogens is 1680 g/mol. The average Bonchev–Trinajstić information content (AvgIpc) is 1.78. The molecule has 27 aromatic rings. The number of hydrogen-bond donors (Lipinski definition) is 0. The molecule has 13 aromatic heterocycles. The van der Waals surface area contributed by atoms with Crippen LogP contribution in [0.1, 0.15) is 0 Å². The minimum Gasteiger partial charge on any atom is -0.265 e. The summed E-state index contributed by atoms with van der Waals surface area (Å²) < 4.78 is 7.84. The van der Waals surface area contributed by atoms with Crippen molar-refractivity contribution < 1.29 is 0 Å². The van der Waals surface area contributed by atoms with Crippen molar-refractivity contribution in [2.24, 2.45) is 0 Å². The first-order chi connectivity index (χ1) is 68.2. The van der Waals surface area contributed by atoms with Crippen LogP contribution in [0.3, 0.4) is 0 Å². The van der Waals surface area contributed by atoms with Crippen molar-refractivity contribution in [2.75, 3.05) is 0 Å². The highest BCUT2D eigenvalue weighted by molar-refractivity contribution is 5.96. The molecule has 0 spiro atoms. The summed E-state index contributed by atoms with van der Waals surface area (Å²) in [6.07, 6.45) is 15.6. The lowest BCUT2D eigenvalue weighted by molar-refractivity contribution is 0.970. The second-order valence-electron chi connectivity index (χ2n) is 34.5. The fourth-order valence-electron chi connectivity index (χ4n) is 18.3. The van der Waals surface area contributed by atoms with Crippen LogP contribution in [0.2, 0.25) is 0 Å². The maximum atomic E-state index is 5.15. The highest BCUT2D eigenvalue weighted by atomic mass is 15.2. The van der Waals surface area contributed by atoms with Crippen molar-refractivity contribution in [2.45, 2.75) is 0 Å². The number of pyridine rings is 9. The maximum Gasteiger partial charge on any atom is 0.112 e. The van der Waals surface area contributed by atoms with Gasteiger partial charge in [0.15, 0.2) is 0 Å². The largest absolute Gasteiger partial charge is 0.265 e. The summed E-state index contributed by atoms with van der Waals surface area (Å²) in [7, 11) is 0. The van der Waals surface area contributed by atoms with E-state index < -0.39 is 0 Å². The number of rotatable bonds is 13. The van der Waals surface area contributed by atoms with Gasteiger partial charge in [-0.15, -0.1) is 0 Å². The molecule has 0 amide bonds. The molecule has 0 atom stereocenters. The monoisotopic (exact) mass is 1770 g/mol. The third-order valence-electron chi connectivity index (χ3n) is 25.6. The Morgan fingerprint density at radius 2 is 0.348 bits per heavy atom. The van der Waals surface area contributed by atoms with Gasteiger partial charge in [-0.2, -0.15) is 20.4 Å². The van der Waals surface area contributed by atoms with Crippen LogP contribution in [0.5, 0.6) is 0 Å². The SMILES string of the molecule is c1ccc(-c2cc(-c3cc4cc5ccccc5cn4n3)cc(-c3ccccc3)n2)cc1.c1ccc(-c2cc(-c3ccccc3)nc(-c3cc4cc5ccccc5cn4n3)c2)cc1.c1ccc2cc(-c3ccc4cc(-c5cc6cc7ccccc7cn6n5)ccc4c3)ccc2c1.c1ccc2cn3nc(-c4cc(-c5ccc(-c6ccncc6)cc5)nc(-c5ccc(-c6ccncc6)cc5)c4)cc3cc2c1. The van der Waals surface area contributed by atoms with E-state index in [0.29, 0.717) is 0 Å². The molecule has 0 bridgehead atoms. The third kappa shape index (κ3) is 17.2. The Hall–Kier alpha value is -18.9. The highest BCUT2D eigenvalue weighted by Crippen LogP contribution is 2.39. The number of benzene rings is 14. The second-order valence-corrected chi connectivity index (χ2v) is 34.5. The van der Waals surface area contributed by atoms with Gasteiger partial charge >= 0.3 is 0 Å². The van der Waals surface area contributed by atoms with Crippen LogP contribution in [0.15, 0.2) is 505 Å². The van der Waals surface area contributed by atoms with Crippen molar-refractivity contribution in [1.82, 2.24) is 63.4 Å². The van der Waals surface area contributed by atoms with Gasteiger partial charge in [0.25, 0.3) is 0 Å². The maximum absolute atomic E-state index is 5.15. The van der Waals surface area contributed by atoms with Crippen LogP contribution in [-0.2, 0) is 0 Å². The lowest BCUT2D eigenvalue weighted by Gasteiger charge is -2.10. The predicted octanol–water partition coefficient (Wildman–Crippen LogP) is 30.9. The first-order valence-corrected chi connectivity index (χ1v) is 46.1. The molecule has 138 heavy (non-hydrogen) atoms. The molecule has 648 valence electrons. The van der Waals surface area contributed by atoms with E-state index in [4.69, 9.17) is 35.3 Å². The molecule has 14 aromatic carbocycles. The molecule has 0 N–H and O–H groups in total. The molecule has 0 radical (unpaired) electrons. The standard InChI is InChI=1S/C38H25N5.C31H20N2.2C28H19N3/c1-2-4-33-25-43-35(21-32(33)3-1)24-38(42-43)34-22-36(30-9-5-26(6-10-30)28-13-17-39-18-14-28)41-37(23-34)31-11-7-27(8-12-31)29-15-19-40-20-16-29;1-2-6-22-15-24(10-9-21(22)5-1)25-11-12-27-17-28(14-13-26(27)16-25)31-19-30-18-23-7-3-4-8-29(23)20-33(30)32-31;1-3-9-20(10-4-1)26-16-24(17-27(29-26)21-11-5-2-6-12-21)28-18-25-15-22-13-7-8-14-23(22)19-31(25)30-28;1-3-9-20(10-4-1)24-16-26(21-11-5-2-6-12-21)29-27(17-24)28-18-25-15-22-13-7-8-14-23(22)19-31(25)30-28/h1-25H;1-20H;2*1-19H. The van der Waals surface area contributed by atoms with Crippen molar-refractivity contribution in [1.29, 1.82) is 0 Å². The lowest BCUT2D eigenvalue weighted by atomic mass is 9.97. The van der Waals surface area contributed by atoms with Gasteiger partial charge in [-0.1, -0.05) is 328 Å². The van der Waals surface area contributed by atoms with E-state index in [9.17, 15) is 0 Å². The number of fused-ring (bicyclic) bond motifs is 10. The molecule has 0 saturated heterocycles. The molecule has 0 aliphatic heterocycles. The van der Waals surface area contributed by atoms with Gasteiger partial charge in [-0.05, 0) is 215 Å². The Morgan fingerprint density at radius 3 is 0.717 bits per heavy atom. The summed E-state index contributed by atoms with van der Waals surface area (Å²) in [6, 6.07) is 159. The van der Waals surface area contributed by atoms with Crippen LogP contribution in [0.4, 0.5) is 0 Å². The number of nitrogens with zero attached hydrogens (tertiary/aromatic N) is 13. The molecule has 0 unspecified atom stereocenters. The molecule has 0 fully saturated rings. The fourth-order valence-corrected chi connectivity index (χ4v) is 18.3. The molecule has 0 saturated carbocycles. The second kappa shape index (κ2) is 36.4. The summed E-state index contributed by atoms with van der Waals surface area (Å²) in [5.74, 6) is 0. The van der Waals surface area contributed by atoms with E-state index in [0.717, 1.165) is 162 Å². The van der Waals surface area contributed by atoms with Crippen molar-refractivity contribution >= 4 is 86.7 Å². The van der Waals surface area contributed by atoms with Gasteiger partial charge < -0.3 is 0 Å². The molecule has 0 aliphatic rings. The topological polar surface area (TPSA) is 134 Å². The van der Waals surface area contributed by atoms with Crippen molar-refractivity contribution in [3.05, 3.63) is 505 Å². The van der Waals surface area contributed by atoms with Gasteiger partial charge in [0.05, 0.1) is 73.3 Å². The van der Waals surface area contributed by atoms with Gasteiger partial charge in [-0.25, -0.2) is 33.0 Å². The first-order valence-electron chi connectivity index (χ1n) is 46.1. The summed E-state index contributed by atoms with van der Waals surface area (Å²) in [6.45, 7) is 0. The van der Waals surface area contributed by atoms with Crippen LogP contribution in [-0.4, -0.2) is 63.4 Å². The van der Waals surface area contributed by atoms with E-state index >= 15 is 0 Å². The smallest absolute Gasteiger partial charge is 0.112 e. The predicted molar refractivity (Wildman–Crippen MR) is 565 cm³/mol. The van der Waals surface area contributed by atoms with E-state index in [1.54, 1.807) is 0 Å². The van der Waals surface area contributed by atoms with E-state index in [-0.39, 0.29) is 0 Å². The normalized spacial score (nSPS) is 11.3. The van der Waals surface area contributed by atoms with Gasteiger partial charge in [-0.3, -0.25) is 9.97 Å². The van der Waals surface area contributed by atoms with Crippen molar-refractivity contribution in [3.63, 3.8) is 0 Å². The van der Waals surface area contributed by atoms with Gasteiger partial charge in [0, 0.05) is 116 Å². The van der Waals surface area contributed by atoms with Crippen LogP contribution < -0.4 is 0 Å². The summed E-state index contributed by atoms with van der Waals surface area (Å²) in [4.78, 5) is 23.4. The zero-order chi connectivity index (χ0) is 91.6. The minimum absolute atomic E-state index is 0.866. The van der Waals surface area contributed by atoms with Gasteiger partial charge in [0.2, 0.25) is 0 Å². The molecule has 27 rings (SSSR count). The van der Waals surface area contributed by atoms with Gasteiger partial charge in [0.1, 0.15) is 5.69 Å². The highest BCUT2D eigenvalue weighted by Gasteiger charge is 2.19. The fraction of sp³-hybridized carbons (Fsp3) is 0. The third-order valence-corrected chi connectivity index (χ3v) is 25.6. The Bertz CT molecular complexity index is 8520. The average molecular weight is 1770 g/mol. The molecule has 13 heteroatoms. The molecule has 13 nitrogen and oxygen atoms in total. The first kappa shape index (κ1) is 82.3. The molecule has 13 heterocycles. The Labute approximate surface area is 795 Å². The molecular formula is C125H83N13. The summed E-state index contributed by atoms with van der Waals surface area (Å²) >= 11 is 0. The van der Waals surface area contributed by atoms with E-state index in [1.165, 1.54) is 70.4 Å². The van der Waals surface area contributed by atoms with E-state index in [1.807, 2.05) is 128 Å². The summed E-state index contributed by atoms with van der Waals surface area (Å²) in [5, 5.41) is 34.1. The van der Waals surface area contributed by atoms with Crippen LogP contribution in [0.25, 0.3) is 233 Å². The van der Waals surface area contributed by atoms with Crippen LogP contribution in [0, 0.1) is 0 Å². The Kier molecular flexibility index (Phi) is 21.7. The lowest BCUT2D eigenvalue weighted by Crippen LogP contribution is -1.92. The Balaban J connectivity index is 0.000000101. The van der Waals surface area contributed by atoms with E-state index in [2.05, 4.69) is 405 Å². The zero-order valence-corrected chi connectivity index (χ0v) is 74.7. The molecule has 0 aliphatic carbocycles. The Morgan fingerprint density at radius 1 is 0.123 bits per heavy atom. The minimum atomic E-state index is 0.866. The number of hydrogen-bond acceptors (Lipinski definition) is 9.